The van der Waals surface area contributed by atoms with Crippen LogP contribution in [0.3, 0.4) is 0 Å². The quantitative estimate of drug-likeness (QED) is 0.420. The number of nitrogens with one attached hydrogen (secondary N) is 2. The van der Waals surface area contributed by atoms with Crippen LogP contribution in [0.1, 0.15) is 38.8 Å². The van der Waals surface area contributed by atoms with E-state index in [1.807, 2.05) is 69.3 Å². The molecule has 0 aliphatic carbocycles. The molecular weight excluding hydrogens is 544 g/mol. The Kier molecular flexibility index (Phi) is 8.50. The molecule has 3 aromatic rings. The predicted octanol–water partition coefficient (Wildman–Crippen LogP) is 2.32. The smallest absolute Gasteiger partial charge is 0.247 e. The summed E-state index contributed by atoms with van der Waals surface area (Å²) in [6.07, 6.45) is 3.02. The summed E-state index contributed by atoms with van der Waals surface area (Å²) in [5.74, 6) is -1.07. The molecule has 2 saturated heterocycles. The molecule has 0 saturated carbocycles. The third-order valence-corrected chi connectivity index (χ3v) is 8.47. The van der Waals surface area contributed by atoms with Crippen molar-refractivity contribution in [2.45, 2.75) is 65.0 Å². The maximum absolute atomic E-state index is 14.2. The van der Waals surface area contributed by atoms with E-state index in [9.17, 15) is 19.2 Å². The van der Waals surface area contributed by atoms with Crippen molar-refractivity contribution in [2.24, 2.45) is 5.41 Å². The summed E-state index contributed by atoms with van der Waals surface area (Å²) in [6.45, 7) is 7.73. The number of hydrogen-bond acceptors (Lipinski definition) is 6. The zero-order chi connectivity index (χ0) is 30.9. The topological polar surface area (TPSA) is 115 Å². The SMILES string of the molecule is CN[C@@H](C)C(=O)N[C@H](C(=O)N1CC(=O)N2[C@@H]1CN(Cc1ccncc1)C(=O)[C@@H]2Cc1ccc2ccccc2c1)C(C)(C)C. The summed E-state index contributed by atoms with van der Waals surface area (Å²) < 4.78 is 0. The van der Waals surface area contributed by atoms with Gasteiger partial charge in [-0.25, -0.2) is 0 Å². The summed E-state index contributed by atoms with van der Waals surface area (Å²) in [7, 11) is 1.68. The third-order valence-electron chi connectivity index (χ3n) is 8.47. The number of piperazine rings is 1. The highest BCUT2D eigenvalue weighted by Crippen LogP contribution is 2.32. The zero-order valence-corrected chi connectivity index (χ0v) is 25.4. The number of carbonyl (C=O) groups excluding carboxylic acids is 4. The number of carbonyl (C=O) groups is 4. The summed E-state index contributed by atoms with van der Waals surface area (Å²) in [5.41, 5.74) is 1.21. The summed E-state index contributed by atoms with van der Waals surface area (Å²) >= 11 is 0. The van der Waals surface area contributed by atoms with Gasteiger partial charge in [0.15, 0.2) is 0 Å². The van der Waals surface area contributed by atoms with Crippen LogP contribution < -0.4 is 10.6 Å². The normalized spacial score (nSPS) is 20.3. The fourth-order valence-electron chi connectivity index (χ4n) is 5.90. The number of nitrogens with zero attached hydrogens (tertiary/aromatic N) is 4. The predicted molar refractivity (Wildman–Crippen MR) is 163 cm³/mol. The largest absolute Gasteiger partial charge is 0.342 e. The van der Waals surface area contributed by atoms with Gasteiger partial charge in [0.2, 0.25) is 23.6 Å². The highest BCUT2D eigenvalue weighted by molar-refractivity contribution is 5.97. The molecule has 2 aromatic carbocycles. The van der Waals surface area contributed by atoms with Crippen molar-refractivity contribution in [3.8, 4) is 0 Å². The number of rotatable bonds is 8. The highest BCUT2D eigenvalue weighted by Gasteiger charge is 2.53. The van der Waals surface area contributed by atoms with Gasteiger partial charge < -0.3 is 25.3 Å². The lowest BCUT2D eigenvalue weighted by Crippen LogP contribution is -2.66. The summed E-state index contributed by atoms with van der Waals surface area (Å²) in [6, 6.07) is 15.6. The lowest BCUT2D eigenvalue weighted by atomic mass is 9.85. The highest BCUT2D eigenvalue weighted by atomic mass is 16.2. The Hall–Kier alpha value is -4.31. The molecule has 2 aliphatic rings. The second kappa shape index (κ2) is 12.1. The second-order valence-electron chi connectivity index (χ2n) is 12.5. The van der Waals surface area contributed by atoms with Crippen molar-refractivity contribution in [3.63, 3.8) is 0 Å². The van der Waals surface area contributed by atoms with Crippen molar-refractivity contribution in [1.29, 1.82) is 0 Å². The van der Waals surface area contributed by atoms with E-state index in [0.29, 0.717) is 13.0 Å². The van der Waals surface area contributed by atoms with Gasteiger partial charge in [0.25, 0.3) is 0 Å². The molecule has 226 valence electrons. The van der Waals surface area contributed by atoms with Gasteiger partial charge in [-0.3, -0.25) is 24.2 Å². The molecule has 5 rings (SSSR count). The maximum Gasteiger partial charge on any atom is 0.247 e. The van der Waals surface area contributed by atoms with Crippen LogP contribution in [0, 0.1) is 5.41 Å². The number of aromatic nitrogens is 1. The van der Waals surface area contributed by atoms with E-state index in [2.05, 4.69) is 21.7 Å². The minimum atomic E-state index is -0.867. The molecule has 0 spiro atoms. The number of hydrogen-bond donors (Lipinski definition) is 2. The van der Waals surface area contributed by atoms with Crippen molar-refractivity contribution in [1.82, 2.24) is 30.3 Å². The van der Waals surface area contributed by atoms with E-state index < -0.39 is 29.7 Å². The number of likely N-dealkylation sites (N-methyl/N-ethyl adjacent to an activating group) is 1. The molecule has 1 aromatic heterocycles. The standard InChI is InChI=1S/C33H40N6O4/c1-21(34-5)30(41)36-29(33(2,3)4)32(43)38-20-28(40)39-26(17-23-10-11-24-8-6-7-9-25(24)16-23)31(42)37(19-27(38)39)18-22-12-14-35-15-13-22/h6-16,21,26-27,29,34H,17-20H2,1-5H3,(H,36,41)/t21-,26-,27+,29+/m0/s1. The van der Waals surface area contributed by atoms with E-state index in [-0.39, 0.29) is 36.7 Å². The molecular formula is C33H40N6O4. The molecule has 3 heterocycles. The molecule has 0 radical (unpaired) electrons. The summed E-state index contributed by atoms with van der Waals surface area (Å²) in [5, 5.41) is 7.97. The van der Waals surface area contributed by atoms with Gasteiger partial charge in [0, 0.05) is 25.4 Å². The fourth-order valence-corrected chi connectivity index (χ4v) is 5.90. The Bertz CT molecular complexity index is 1520. The summed E-state index contributed by atoms with van der Waals surface area (Å²) in [4.78, 5) is 63.7. The molecule has 10 heteroatoms. The average Bonchev–Trinajstić information content (AvgIpc) is 3.32. The first kappa shape index (κ1) is 30.2. The molecule has 43 heavy (non-hydrogen) atoms. The minimum absolute atomic E-state index is 0.155. The monoisotopic (exact) mass is 584 g/mol. The van der Waals surface area contributed by atoms with Crippen LogP contribution in [0.25, 0.3) is 10.8 Å². The van der Waals surface area contributed by atoms with Crippen LogP contribution in [0.5, 0.6) is 0 Å². The van der Waals surface area contributed by atoms with Gasteiger partial charge in [0.1, 0.15) is 24.8 Å². The molecule has 2 fully saturated rings. The molecule has 4 amide bonds. The van der Waals surface area contributed by atoms with E-state index >= 15 is 0 Å². The average molecular weight is 585 g/mol. The molecule has 0 unspecified atom stereocenters. The number of fused-ring (bicyclic) bond motifs is 2. The van der Waals surface area contributed by atoms with Crippen LogP contribution in [-0.4, -0.2) is 87.7 Å². The lowest BCUT2D eigenvalue weighted by molar-refractivity contribution is -0.157. The minimum Gasteiger partial charge on any atom is -0.342 e. The Morgan fingerprint density at radius 3 is 2.37 bits per heavy atom. The lowest BCUT2D eigenvalue weighted by Gasteiger charge is -2.45. The first-order valence-electron chi connectivity index (χ1n) is 14.7. The van der Waals surface area contributed by atoms with E-state index in [4.69, 9.17) is 0 Å². The van der Waals surface area contributed by atoms with Crippen LogP contribution in [-0.2, 0) is 32.1 Å². The molecule has 4 atom stereocenters. The maximum atomic E-state index is 14.2. The number of pyridine rings is 1. The zero-order valence-electron chi connectivity index (χ0n) is 25.4. The van der Waals surface area contributed by atoms with Crippen molar-refractivity contribution < 1.29 is 19.2 Å². The van der Waals surface area contributed by atoms with Crippen LogP contribution >= 0.6 is 0 Å². The van der Waals surface area contributed by atoms with Crippen LogP contribution in [0.4, 0.5) is 0 Å². The Labute approximate surface area is 252 Å². The number of amides is 4. The van der Waals surface area contributed by atoms with Gasteiger partial charge in [0.05, 0.1) is 12.6 Å². The van der Waals surface area contributed by atoms with Gasteiger partial charge >= 0.3 is 0 Å². The first-order chi connectivity index (χ1) is 20.5. The van der Waals surface area contributed by atoms with Gasteiger partial charge in [-0.2, -0.15) is 0 Å². The van der Waals surface area contributed by atoms with Gasteiger partial charge in [-0.15, -0.1) is 0 Å². The van der Waals surface area contributed by atoms with Gasteiger partial charge in [-0.1, -0.05) is 63.2 Å². The van der Waals surface area contributed by atoms with Gasteiger partial charge in [-0.05, 0) is 53.4 Å². The van der Waals surface area contributed by atoms with E-state index in [0.717, 1.165) is 21.9 Å². The van der Waals surface area contributed by atoms with Crippen molar-refractivity contribution in [3.05, 3.63) is 78.1 Å². The third kappa shape index (κ3) is 6.24. The Morgan fingerprint density at radius 2 is 1.70 bits per heavy atom. The van der Waals surface area contributed by atoms with Crippen molar-refractivity contribution in [2.75, 3.05) is 20.1 Å². The van der Waals surface area contributed by atoms with Crippen LogP contribution in [0.15, 0.2) is 67.0 Å². The fraction of sp³-hybridized carbons (Fsp3) is 0.424. The second-order valence-corrected chi connectivity index (χ2v) is 12.5. The molecule has 2 aliphatic heterocycles. The molecule has 2 N–H and O–H groups in total. The van der Waals surface area contributed by atoms with Crippen molar-refractivity contribution >= 4 is 34.4 Å². The number of benzene rings is 2. The molecule has 0 bridgehead atoms. The first-order valence-corrected chi connectivity index (χ1v) is 14.7. The Morgan fingerprint density at radius 1 is 1.00 bits per heavy atom. The molecule has 10 nitrogen and oxygen atoms in total. The van der Waals surface area contributed by atoms with E-state index in [1.54, 1.807) is 41.1 Å². The van der Waals surface area contributed by atoms with E-state index in [1.165, 1.54) is 0 Å². The van der Waals surface area contributed by atoms with Crippen LogP contribution in [0.2, 0.25) is 0 Å². The Balaban J connectivity index is 1.49.